The molecular weight excluding hydrogens is 410 g/mol. The quantitative estimate of drug-likeness (QED) is 0.345. The third-order valence-electron chi connectivity index (χ3n) is 9.08. The van der Waals surface area contributed by atoms with Crippen LogP contribution in [0, 0.1) is 22.7 Å². The summed E-state index contributed by atoms with van der Waals surface area (Å²) in [5.74, 6) is 2.35. The van der Waals surface area contributed by atoms with Gasteiger partial charge in [-0.2, -0.15) is 5.26 Å². The molecule has 4 rings (SSSR count). The summed E-state index contributed by atoms with van der Waals surface area (Å²) in [5, 5.41) is 9.85. The second-order valence-corrected chi connectivity index (χ2v) is 11.4. The molecule has 0 bridgehead atoms. The van der Waals surface area contributed by atoms with Crippen LogP contribution in [0.15, 0.2) is 48.5 Å². The monoisotopic (exact) mass is 455 g/mol. The van der Waals surface area contributed by atoms with E-state index in [-0.39, 0.29) is 5.41 Å². The summed E-state index contributed by atoms with van der Waals surface area (Å²) in [6.07, 6.45) is 17.6. The lowest BCUT2D eigenvalue weighted by Crippen LogP contribution is -2.25. The number of hydrogen-bond donors (Lipinski definition) is 0. The molecule has 2 fully saturated rings. The molecule has 2 saturated carbocycles. The SMILES string of the molecule is CCCCCC1(C#N)CCC(c2ccc(-c3ccc(C4CCC(CCC)CC4)cc3)cc2)CC1. The number of nitrogens with zero attached hydrogens (tertiary/aromatic N) is 1. The molecule has 0 radical (unpaired) electrons. The van der Waals surface area contributed by atoms with Crippen LogP contribution < -0.4 is 0 Å². The van der Waals surface area contributed by atoms with Crippen LogP contribution in [-0.2, 0) is 0 Å². The Morgan fingerprint density at radius 3 is 1.71 bits per heavy atom. The normalized spacial score (nSPS) is 27.3. The van der Waals surface area contributed by atoms with Crippen molar-refractivity contribution in [3.63, 3.8) is 0 Å². The molecule has 0 amide bonds. The summed E-state index contributed by atoms with van der Waals surface area (Å²) < 4.78 is 0. The molecule has 0 N–H and O–H groups in total. The molecule has 34 heavy (non-hydrogen) atoms. The summed E-state index contributed by atoms with van der Waals surface area (Å²) >= 11 is 0. The highest BCUT2D eigenvalue weighted by Crippen LogP contribution is 2.46. The predicted octanol–water partition coefficient (Wildman–Crippen LogP) is 10.2. The third-order valence-corrected chi connectivity index (χ3v) is 9.08. The van der Waals surface area contributed by atoms with Crippen molar-refractivity contribution in [1.82, 2.24) is 0 Å². The lowest BCUT2D eigenvalue weighted by atomic mass is 9.67. The van der Waals surface area contributed by atoms with Gasteiger partial charge in [0, 0.05) is 0 Å². The number of nitriles is 1. The zero-order valence-corrected chi connectivity index (χ0v) is 21.7. The molecule has 182 valence electrons. The zero-order valence-electron chi connectivity index (χ0n) is 21.7. The van der Waals surface area contributed by atoms with Gasteiger partial charge in [0.1, 0.15) is 0 Å². The van der Waals surface area contributed by atoms with Crippen LogP contribution in [0.25, 0.3) is 11.1 Å². The van der Waals surface area contributed by atoms with Crippen molar-refractivity contribution >= 4 is 0 Å². The Morgan fingerprint density at radius 1 is 0.706 bits per heavy atom. The molecule has 2 aliphatic rings. The third kappa shape index (κ3) is 6.13. The molecule has 0 unspecified atom stereocenters. The molecule has 1 nitrogen and oxygen atoms in total. The van der Waals surface area contributed by atoms with Gasteiger partial charge >= 0.3 is 0 Å². The second kappa shape index (κ2) is 12.1. The molecule has 0 saturated heterocycles. The summed E-state index contributed by atoms with van der Waals surface area (Å²) in [6.45, 7) is 4.56. The lowest BCUT2D eigenvalue weighted by Gasteiger charge is -2.35. The van der Waals surface area contributed by atoms with Gasteiger partial charge in [0.25, 0.3) is 0 Å². The lowest BCUT2D eigenvalue weighted by molar-refractivity contribution is 0.223. The second-order valence-electron chi connectivity index (χ2n) is 11.4. The molecule has 0 aromatic heterocycles. The fourth-order valence-corrected chi connectivity index (χ4v) is 6.72. The van der Waals surface area contributed by atoms with Crippen LogP contribution in [0.2, 0.25) is 0 Å². The van der Waals surface area contributed by atoms with Crippen molar-refractivity contribution in [2.75, 3.05) is 0 Å². The van der Waals surface area contributed by atoms with Gasteiger partial charge in [0.05, 0.1) is 11.5 Å². The average Bonchev–Trinajstić information content (AvgIpc) is 2.90. The Bertz CT molecular complexity index is 901. The summed E-state index contributed by atoms with van der Waals surface area (Å²) in [6, 6.07) is 21.5. The Labute approximate surface area is 209 Å². The van der Waals surface area contributed by atoms with Crippen molar-refractivity contribution in [1.29, 1.82) is 5.26 Å². The molecule has 2 aromatic carbocycles. The molecule has 0 aliphatic heterocycles. The van der Waals surface area contributed by atoms with Crippen LogP contribution in [0.5, 0.6) is 0 Å². The number of unbranched alkanes of at least 4 members (excludes halogenated alkanes) is 2. The largest absolute Gasteiger partial charge is 0.198 e. The zero-order chi connectivity index (χ0) is 23.8. The molecule has 0 atom stereocenters. The fraction of sp³-hybridized carbons (Fsp3) is 0.606. The van der Waals surface area contributed by atoms with Crippen molar-refractivity contribution in [2.45, 2.75) is 116 Å². The molecule has 2 aliphatic carbocycles. The number of benzene rings is 2. The van der Waals surface area contributed by atoms with Crippen LogP contribution in [0.1, 0.15) is 127 Å². The highest BCUT2D eigenvalue weighted by molar-refractivity contribution is 5.64. The summed E-state index contributed by atoms with van der Waals surface area (Å²) in [5.41, 5.74) is 5.60. The molecular formula is C33H45N. The number of rotatable bonds is 9. The topological polar surface area (TPSA) is 23.8 Å². The van der Waals surface area contributed by atoms with E-state index in [9.17, 15) is 5.26 Å². The maximum Gasteiger partial charge on any atom is 0.0689 e. The van der Waals surface area contributed by atoms with Gasteiger partial charge in [-0.15, -0.1) is 0 Å². The first kappa shape index (κ1) is 25.0. The van der Waals surface area contributed by atoms with Gasteiger partial charge in [0.15, 0.2) is 0 Å². The Morgan fingerprint density at radius 2 is 1.24 bits per heavy atom. The smallest absolute Gasteiger partial charge is 0.0689 e. The highest BCUT2D eigenvalue weighted by atomic mass is 14.4. The maximum atomic E-state index is 9.85. The van der Waals surface area contributed by atoms with E-state index in [1.807, 2.05) is 0 Å². The minimum Gasteiger partial charge on any atom is -0.198 e. The molecule has 0 heterocycles. The van der Waals surface area contributed by atoms with Gasteiger partial charge < -0.3 is 0 Å². The Kier molecular flexibility index (Phi) is 8.88. The van der Waals surface area contributed by atoms with Gasteiger partial charge in [0.2, 0.25) is 0 Å². The van der Waals surface area contributed by atoms with Gasteiger partial charge in [-0.1, -0.05) is 94.5 Å². The van der Waals surface area contributed by atoms with E-state index in [4.69, 9.17) is 0 Å². The van der Waals surface area contributed by atoms with E-state index in [0.717, 1.165) is 43.9 Å². The van der Waals surface area contributed by atoms with Crippen LogP contribution in [0.4, 0.5) is 0 Å². The minimum absolute atomic E-state index is 0.0530. The van der Waals surface area contributed by atoms with E-state index in [2.05, 4.69) is 68.4 Å². The molecule has 0 spiro atoms. The first-order valence-electron chi connectivity index (χ1n) is 14.3. The van der Waals surface area contributed by atoms with Crippen LogP contribution in [0.3, 0.4) is 0 Å². The molecule has 2 aromatic rings. The standard InChI is InChI=1S/C33H45N/c1-3-5-6-22-33(25-34)23-20-32(21-24-33)31-18-16-30(17-19-31)29-14-12-28(13-15-29)27-10-8-26(7-4-2)9-11-27/h12-19,26-27,32H,3-11,20-24H2,1-2H3. The fourth-order valence-electron chi connectivity index (χ4n) is 6.72. The predicted molar refractivity (Wildman–Crippen MR) is 145 cm³/mol. The average molecular weight is 456 g/mol. The van der Waals surface area contributed by atoms with E-state index >= 15 is 0 Å². The summed E-state index contributed by atoms with van der Waals surface area (Å²) in [7, 11) is 0. The highest BCUT2D eigenvalue weighted by Gasteiger charge is 2.35. The van der Waals surface area contributed by atoms with Crippen LogP contribution >= 0.6 is 0 Å². The van der Waals surface area contributed by atoms with Gasteiger partial charge in [-0.05, 0) is 97.8 Å². The van der Waals surface area contributed by atoms with Gasteiger partial charge in [-0.3, -0.25) is 0 Å². The Hall–Kier alpha value is -2.07. The van der Waals surface area contributed by atoms with E-state index < -0.39 is 0 Å². The minimum atomic E-state index is -0.0530. The first-order valence-corrected chi connectivity index (χ1v) is 14.3. The van der Waals surface area contributed by atoms with E-state index in [0.29, 0.717) is 5.92 Å². The van der Waals surface area contributed by atoms with Gasteiger partial charge in [-0.25, -0.2) is 0 Å². The maximum absolute atomic E-state index is 9.85. The Balaban J connectivity index is 1.32. The molecule has 1 heteroatoms. The van der Waals surface area contributed by atoms with Crippen LogP contribution in [-0.4, -0.2) is 0 Å². The van der Waals surface area contributed by atoms with Crippen molar-refractivity contribution in [2.24, 2.45) is 11.3 Å². The van der Waals surface area contributed by atoms with Crippen molar-refractivity contribution < 1.29 is 0 Å². The first-order chi connectivity index (χ1) is 16.7. The van der Waals surface area contributed by atoms with Crippen molar-refractivity contribution in [3.8, 4) is 17.2 Å². The van der Waals surface area contributed by atoms with E-state index in [1.165, 1.54) is 80.0 Å². The summed E-state index contributed by atoms with van der Waals surface area (Å²) in [4.78, 5) is 0. The number of hydrogen-bond acceptors (Lipinski definition) is 1. The van der Waals surface area contributed by atoms with Crippen molar-refractivity contribution in [3.05, 3.63) is 59.7 Å². The van der Waals surface area contributed by atoms with E-state index in [1.54, 1.807) is 0 Å².